The van der Waals surface area contributed by atoms with Gasteiger partial charge in [0.25, 0.3) is 0 Å². The predicted molar refractivity (Wildman–Crippen MR) is 175 cm³/mol. The second-order valence-corrected chi connectivity index (χ2v) is 13.4. The van der Waals surface area contributed by atoms with E-state index in [4.69, 9.17) is 18.8 Å². The highest BCUT2D eigenvalue weighted by molar-refractivity contribution is 14.1. The first-order chi connectivity index (χ1) is 20.6. The molecule has 0 unspecified atom stereocenters. The second kappa shape index (κ2) is 11.5. The molecule has 4 aromatic rings. The number of hydrogen-bond acceptors (Lipinski definition) is 4. The molecule has 4 aromatic carbocycles. The van der Waals surface area contributed by atoms with Crippen LogP contribution >= 0.6 is 22.6 Å². The summed E-state index contributed by atoms with van der Waals surface area (Å²) in [5, 5.41) is 0. The van der Waals surface area contributed by atoms with Gasteiger partial charge < -0.3 is 18.8 Å². The minimum atomic E-state index is -0.953. The molecule has 0 aromatic heterocycles. The van der Waals surface area contributed by atoms with Crippen LogP contribution in [0.4, 0.5) is 0 Å². The van der Waals surface area contributed by atoms with Gasteiger partial charge in [0.2, 0.25) is 0 Å². The van der Waals surface area contributed by atoms with Crippen molar-refractivity contribution in [2.75, 3.05) is 14.2 Å². The predicted octanol–water partition coefficient (Wildman–Crippen LogP) is 7.65. The molecule has 7 rings (SSSR count). The molecule has 3 fully saturated rings. The van der Waals surface area contributed by atoms with E-state index in [1.165, 1.54) is 6.42 Å². The first-order valence-electron chi connectivity index (χ1n) is 14.9. The Morgan fingerprint density at radius 2 is 0.905 bits per heavy atom. The summed E-state index contributed by atoms with van der Waals surface area (Å²) in [6, 6.07) is 41.8. The zero-order chi connectivity index (χ0) is 28.7. The lowest BCUT2D eigenvalue weighted by Crippen LogP contribution is -2.56. The van der Waals surface area contributed by atoms with Gasteiger partial charge in [0.05, 0.1) is 0 Å². The van der Waals surface area contributed by atoms with Crippen LogP contribution in [-0.2, 0) is 30.0 Å². The van der Waals surface area contributed by atoms with Crippen molar-refractivity contribution in [3.63, 3.8) is 0 Å². The van der Waals surface area contributed by atoms with E-state index in [9.17, 15) is 0 Å². The van der Waals surface area contributed by atoms with Gasteiger partial charge in [0.15, 0.2) is 0 Å². The van der Waals surface area contributed by atoms with Gasteiger partial charge in [-0.3, -0.25) is 0 Å². The molecule has 1 heterocycles. The van der Waals surface area contributed by atoms with Crippen LogP contribution in [0.2, 0.25) is 5.82 Å². The van der Waals surface area contributed by atoms with E-state index in [0.29, 0.717) is 11.7 Å². The lowest BCUT2D eigenvalue weighted by Gasteiger charge is -2.47. The third-order valence-corrected chi connectivity index (χ3v) is 11.1. The van der Waals surface area contributed by atoms with Crippen molar-refractivity contribution < 1.29 is 18.8 Å². The molecule has 2 saturated carbocycles. The highest BCUT2D eigenvalue weighted by Gasteiger charge is 2.67. The second-order valence-electron chi connectivity index (χ2n) is 11.8. The van der Waals surface area contributed by atoms with Crippen LogP contribution in [0.5, 0.6) is 0 Å². The summed E-state index contributed by atoms with van der Waals surface area (Å²) >= 11 is 2.60. The average molecular weight is 670 g/mol. The van der Waals surface area contributed by atoms with Crippen molar-refractivity contribution in [3.8, 4) is 0 Å². The van der Waals surface area contributed by atoms with Gasteiger partial charge in [-0.2, -0.15) is 0 Å². The molecule has 1 aliphatic heterocycles. The maximum absolute atomic E-state index is 7.23. The van der Waals surface area contributed by atoms with E-state index in [-0.39, 0.29) is 7.12 Å². The van der Waals surface area contributed by atoms with Crippen molar-refractivity contribution in [1.82, 2.24) is 0 Å². The van der Waals surface area contributed by atoms with Crippen LogP contribution in [-0.4, -0.2) is 37.5 Å². The third-order valence-electron chi connectivity index (χ3n) is 9.64. The minimum absolute atomic E-state index is 0.349. The maximum atomic E-state index is 7.23. The smallest absolute Gasteiger partial charge is 0.402 e. The van der Waals surface area contributed by atoms with Gasteiger partial charge in [0, 0.05) is 18.1 Å². The van der Waals surface area contributed by atoms with Crippen molar-refractivity contribution in [2.45, 2.75) is 46.0 Å². The van der Waals surface area contributed by atoms with E-state index in [1.54, 1.807) is 14.2 Å². The van der Waals surface area contributed by atoms with Crippen LogP contribution in [0.25, 0.3) is 0 Å². The molecule has 0 amide bonds. The van der Waals surface area contributed by atoms with Crippen LogP contribution in [0.1, 0.15) is 35.1 Å². The fourth-order valence-electron chi connectivity index (χ4n) is 7.39. The lowest BCUT2D eigenvalue weighted by atomic mass is 9.71. The highest BCUT2D eigenvalue weighted by atomic mass is 127. The molecule has 6 atom stereocenters. The summed E-state index contributed by atoms with van der Waals surface area (Å²) in [4.78, 5) is 0. The zero-order valence-corrected chi connectivity index (χ0v) is 26.2. The Hall–Kier alpha value is -2.49. The summed E-state index contributed by atoms with van der Waals surface area (Å²) < 4.78 is 28.7. The quantitative estimate of drug-likeness (QED) is 0.0988. The van der Waals surface area contributed by atoms with Gasteiger partial charge >= 0.3 is 7.12 Å². The van der Waals surface area contributed by atoms with Crippen molar-refractivity contribution >= 4 is 29.7 Å². The summed E-state index contributed by atoms with van der Waals surface area (Å²) in [7, 11) is 3.23. The molecule has 0 bridgehead atoms. The summed E-state index contributed by atoms with van der Waals surface area (Å²) in [5.74, 6) is 1.78. The van der Waals surface area contributed by atoms with Crippen LogP contribution in [0, 0.1) is 11.8 Å². The van der Waals surface area contributed by atoms with Crippen LogP contribution < -0.4 is 0 Å². The number of methoxy groups -OCH3 is 2. The molecule has 3 aliphatic rings. The Morgan fingerprint density at radius 3 is 1.19 bits per heavy atom. The first kappa shape index (κ1) is 28.3. The van der Waals surface area contributed by atoms with Gasteiger partial charge in [-0.05, 0) is 52.7 Å². The number of alkyl halides is 1. The SMILES string of the molecule is COC(c1ccccc1)(c1ccccc1)[C@@H]1OB([C@H]2C[C@H]2[C@H]2C[C@H]2I)O[C@H]1C(OC)(c1ccccc1)c1ccccc1. The van der Waals surface area contributed by atoms with Gasteiger partial charge in [-0.25, -0.2) is 0 Å². The molecular formula is C36H36BIO4. The fraction of sp³-hybridized carbons (Fsp3) is 0.333. The van der Waals surface area contributed by atoms with Crippen molar-refractivity contribution in [1.29, 1.82) is 0 Å². The molecule has 42 heavy (non-hydrogen) atoms. The zero-order valence-electron chi connectivity index (χ0n) is 24.0. The van der Waals surface area contributed by atoms with Gasteiger partial charge in [-0.15, -0.1) is 0 Å². The Bertz CT molecular complexity index is 1290. The molecule has 4 nitrogen and oxygen atoms in total. The largest absolute Gasteiger partial charge is 0.461 e. The van der Waals surface area contributed by atoms with Crippen molar-refractivity contribution in [3.05, 3.63) is 144 Å². The van der Waals surface area contributed by atoms with E-state index < -0.39 is 23.4 Å². The van der Waals surface area contributed by atoms with E-state index in [0.717, 1.165) is 38.5 Å². The minimum Gasteiger partial charge on any atom is -0.402 e. The van der Waals surface area contributed by atoms with Gasteiger partial charge in [-0.1, -0.05) is 144 Å². The summed E-state index contributed by atoms with van der Waals surface area (Å²) in [6.07, 6.45) is 1.40. The molecule has 0 radical (unpaired) electrons. The average Bonchev–Trinajstić information content (AvgIpc) is 3.97. The molecular weight excluding hydrogens is 634 g/mol. The van der Waals surface area contributed by atoms with Crippen molar-refractivity contribution in [2.24, 2.45) is 11.8 Å². The van der Waals surface area contributed by atoms with Crippen LogP contribution in [0.15, 0.2) is 121 Å². The van der Waals surface area contributed by atoms with E-state index in [1.807, 2.05) is 24.3 Å². The Labute approximate surface area is 263 Å². The topological polar surface area (TPSA) is 36.9 Å². The summed E-state index contributed by atoms with van der Waals surface area (Å²) in [5.41, 5.74) is 2.17. The molecule has 1 saturated heterocycles. The molecule has 214 valence electrons. The lowest BCUT2D eigenvalue weighted by molar-refractivity contribution is -0.136. The molecule has 6 heteroatoms. The number of ether oxygens (including phenoxy) is 2. The Balaban J connectivity index is 1.44. The fourth-order valence-corrected chi connectivity index (χ4v) is 8.51. The Morgan fingerprint density at radius 1 is 0.571 bits per heavy atom. The molecule has 2 aliphatic carbocycles. The monoisotopic (exact) mass is 670 g/mol. The van der Waals surface area contributed by atoms with E-state index >= 15 is 0 Å². The highest BCUT2D eigenvalue weighted by Crippen LogP contribution is 2.64. The summed E-state index contributed by atoms with van der Waals surface area (Å²) in [6.45, 7) is 0. The standard InChI is InChI=1S/C36H36BIO4/c1-39-35(25-15-7-3-8-16-25,26-17-9-4-10-18-26)33-34(42-37(41-33)31-23-29(31)30-24-32(30)38)36(40-2,27-19-11-5-12-20-27)28-21-13-6-14-22-28/h3-22,29-34H,23-24H2,1-2H3/t29-,30+,31-,32+,33+,34+/m0/s1. The number of benzene rings is 4. The number of halogens is 1. The maximum Gasteiger partial charge on any atom is 0.461 e. The van der Waals surface area contributed by atoms with Gasteiger partial charge in [0.1, 0.15) is 23.4 Å². The third kappa shape index (κ3) is 4.67. The Kier molecular flexibility index (Phi) is 7.78. The van der Waals surface area contributed by atoms with E-state index in [2.05, 4.69) is 120 Å². The number of hydrogen-bond donors (Lipinski definition) is 0. The first-order valence-corrected chi connectivity index (χ1v) is 16.2. The van der Waals surface area contributed by atoms with Crippen LogP contribution in [0.3, 0.4) is 0 Å². The molecule has 0 N–H and O–H groups in total. The number of rotatable bonds is 10. The molecule has 0 spiro atoms. The normalized spacial score (nSPS) is 27.2.